The highest BCUT2D eigenvalue weighted by Crippen LogP contribution is 2.46. The van der Waals surface area contributed by atoms with E-state index in [1.165, 1.54) is 12.4 Å². The maximum absolute atomic E-state index is 14.5. The Kier molecular flexibility index (Phi) is 4.00. The molecular formula is C22H21FN4O. The van der Waals surface area contributed by atoms with Gasteiger partial charge < -0.3 is 9.80 Å². The van der Waals surface area contributed by atoms with Gasteiger partial charge in [0, 0.05) is 38.4 Å². The summed E-state index contributed by atoms with van der Waals surface area (Å²) >= 11 is 0. The Labute approximate surface area is 162 Å². The Morgan fingerprint density at radius 1 is 1.04 bits per heavy atom. The Morgan fingerprint density at radius 2 is 1.86 bits per heavy atom. The second kappa shape index (κ2) is 6.55. The highest BCUT2D eigenvalue weighted by Gasteiger charge is 2.48. The summed E-state index contributed by atoms with van der Waals surface area (Å²) in [5.41, 5.74) is 1.78. The molecule has 2 fully saturated rings. The normalized spacial score (nSPS) is 24.0. The zero-order chi connectivity index (χ0) is 19.3. The summed E-state index contributed by atoms with van der Waals surface area (Å²) in [7, 11) is 0. The van der Waals surface area contributed by atoms with Crippen LogP contribution in [0, 0.1) is 17.7 Å². The molecule has 2 aromatic carbocycles. The molecule has 0 unspecified atom stereocenters. The third-order valence-electron chi connectivity index (χ3n) is 6.10. The molecule has 2 saturated heterocycles. The number of fused-ring (bicyclic) bond motifs is 2. The number of benzene rings is 2. The summed E-state index contributed by atoms with van der Waals surface area (Å²) < 4.78 is 14.5. The number of anilines is 1. The Balaban J connectivity index is 1.52. The number of hydrogen-bond acceptors (Lipinski definition) is 4. The quantitative estimate of drug-likeness (QED) is 0.688. The average molecular weight is 376 g/mol. The molecule has 6 heteroatoms. The van der Waals surface area contributed by atoms with Crippen LogP contribution in [0.3, 0.4) is 0 Å². The summed E-state index contributed by atoms with van der Waals surface area (Å²) in [6.45, 7) is 3.87. The van der Waals surface area contributed by atoms with Crippen LogP contribution >= 0.6 is 0 Å². The number of rotatable bonds is 2. The highest BCUT2D eigenvalue weighted by atomic mass is 19.1. The predicted octanol–water partition coefficient (Wildman–Crippen LogP) is 3.42. The minimum absolute atomic E-state index is 0.0478. The molecule has 0 N–H and O–H groups in total. The fraction of sp³-hybridized carbons (Fsp3) is 0.318. The average Bonchev–Trinajstić information content (AvgIpc) is 3.26. The van der Waals surface area contributed by atoms with E-state index in [1.54, 1.807) is 13.0 Å². The second-order valence-electron chi connectivity index (χ2n) is 7.69. The zero-order valence-electron chi connectivity index (χ0n) is 15.6. The van der Waals surface area contributed by atoms with Crippen molar-refractivity contribution in [1.29, 1.82) is 0 Å². The number of nitrogens with zero attached hydrogens (tertiary/aromatic N) is 4. The molecule has 2 aliphatic rings. The van der Waals surface area contributed by atoms with Gasteiger partial charge in [-0.3, -0.25) is 4.79 Å². The largest absolute Gasteiger partial charge is 0.355 e. The lowest BCUT2D eigenvalue weighted by molar-refractivity contribution is -0.130. The van der Waals surface area contributed by atoms with Gasteiger partial charge in [-0.25, -0.2) is 14.4 Å². The number of hydrogen-bond donors (Lipinski definition) is 0. The maximum atomic E-state index is 14.5. The van der Waals surface area contributed by atoms with Crippen molar-refractivity contribution in [2.24, 2.45) is 11.8 Å². The first-order chi connectivity index (χ1) is 13.6. The van der Waals surface area contributed by atoms with E-state index in [2.05, 4.69) is 27.0 Å². The van der Waals surface area contributed by atoms with E-state index in [-0.39, 0.29) is 17.8 Å². The van der Waals surface area contributed by atoms with E-state index < -0.39 is 0 Å². The van der Waals surface area contributed by atoms with Crippen LogP contribution in [0.15, 0.2) is 54.9 Å². The van der Waals surface area contributed by atoms with Gasteiger partial charge >= 0.3 is 0 Å². The molecule has 0 spiro atoms. The topological polar surface area (TPSA) is 49.3 Å². The van der Waals surface area contributed by atoms with Gasteiger partial charge in [0.25, 0.3) is 0 Å². The third-order valence-corrected chi connectivity index (χ3v) is 6.10. The molecule has 1 aromatic heterocycles. The molecular weight excluding hydrogens is 355 g/mol. The molecule has 0 bridgehead atoms. The Hall–Kier alpha value is -3.02. The molecule has 3 aromatic rings. The zero-order valence-corrected chi connectivity index (χ0v) is 15.6. The molecule has 142 valence electrons. The van der Waals surface area contributed by atoms with Crippen molar-refractivity contribution in [2.45, 2.75) is 13.0 Å². The summed E-state index contributed by atoms with van der Waals surface area (Å²) in [5.74, 6) is 1.09. The van der Waals surface area contributed by atoms with E-state index in [4.69, 9.17) is 0 Å². The van der Waals surface area contributed by atoms with Crippen LogP contribution in [0.4, 0.5) is 10.2 Å². The lowest BCUT2D eigenvalue weighted by Crippen LogP contribution is -2.34. The SMILES string of the molecule is CC(=O)N1C[C@H]2CN(c3ncnc4cccc(F)c34)C[C@H]2[C@H]1c1ccccc1. The van der Waals surface area contributed by atoms with Gasteiger partial charge in [0.2, 0.25) is 5.91 Å². The van der Waals surface area contributed by atoms with Gasteiger partial charge in [-0.15, -0.1) is 0 Å². The standard InChI is InChI=1S/C22H21FN4O/c1-14(28)27-11-16-10-26(12-17(16)21(27)15-6-3-2-4-7-15)22-20-18(23)8-5-9-19(20)24-13-25-22/h2-9,13,16-17,21H,10-12H2,1H3/t16-,17-,21-/m1/s1. The maximum Gasteiger partial charge on any atom is 0.219 e. The first kappa shape index (κ1) is 17.1. The summed E-state index contributed by atoms with van der Waals surface area (Å²) in [6, 6.07) is 15.2. The van der Waals surface area contributed by atoms with Crippen LogP contribution in [-0.2, 0) is 4.79 Å². The predicted molar refractivity (Wildman–Crippen MR) is 105 cm³/mol. The van der Waals surface area contributed by atoms with E-state index in [1.807, 2.05) is 29.2 Å². The highest BCUT2D eigenvalue weighted by molar-refractivity contribution is 5.90. The lowest BCUT2D eigenvalue weighted by Gasteiger charge is -2.29. The summed E-state index contributed by atoms with van der Waals surface area (Å²) in [4.78, 5) is 25.1. The number of carbonyl (C=O) groups excluding carboxylic acids is 1. The summed E-state index contributed by atoms with van der Waals surface area (Å²) in [6.07, 6.45) is 1.50. The fourth-order valence-electron chi connectivity index (χ4n) is 4.91. The van der Waals surface area contributed by atoms with E-state index in [0.717, 1.165) is 25.2 Å². The molecule has 2 aliphatic heterocycles. The molecule has 1 amide bonds. The van der Waals surface area contributed by atoms with Crippen molar-refractivity contribution in [3.8, 4) is 0 Å². The number of carbonyl (C=O) groups is 1. The Morgan fingerprint density at radius 3 is 2.64 bits per heavy atom. The molecule has 5 rings (SSSR count). The van der Waals surface area contributed by atoms with Crippen LogP contribution in [-0.4, -0.2) is 40.4 Å². The Bertz CT molecular complexity index is 1040. The molecule has 3 atom stereocenters. The number of aromatic nitrogens is 2. The van der Waals surface area contributed by atoms with Crippen molar-refractivity contribution >= 4 is 22.6 Å². The second-order valence-corrected chi connectivity index (χ2v) is 7.69. The number of amides is 1. The van der Waals surface area contributed by atoms with Crippen LogP contribution in [0.2, 0.25) is 0 Å². The third kappa shape index (κ3) is 2.63. The van der Waals surface area contributed by atoms with Crippen LogP contribution in [0.1, 0.15) is 18.5 Å². The molecule has 0 radical (unpaired) electrons. The number of likely N-dealkylation sites (tertiary alicyclic amines) is 1. The van der Waals surface area contributed by atoms with Crippen molar-refractivity contribution in [1.82, 2.24) is 14.9 Å². The molecule has 0 saturated carbocycles. The first-order valence-electron chi connectivity index (χ1n) is 9.60. The molecule has 5 nitrogen and oxygen atoms in total. The number of halogens is 1. The summed E-state index contributed by atoms with van der Waals surface area (Å²) in [5, 5.41) is 0.477. The molecule has 3 heterocycles. The van der Waals surface area contributed by atoms with Gasteiger partial charge in [0.1, 0.15) is 18.0 Å². The van der Waals surface area contributed by atoms with Crippen LogP contribution < -0.4 is 4.90 Å². The van der Waals surface area contributed by atoms with Crippen molar-refractivity contribution in [3.63, 3.8) is 0 Å². The first-order valence-corrected chi connectivity index (χ1v) is 9.60. The van der Waals surface area contributed by atoms with Crippen molar-refractivity contribution in [3.05, 3.63) is 66.2 Å². The molecule has 28 heavy (non-hydrogen) atoms. The van der Waals surface area contributed by atoms with E-state index >= 15 is 0 Å². The van der Waals surface area contributed by atoms with Gasteiger partial charge in [0.15, 0.2) is 0 Å². The minimum atomic E-state index is -0.296. The minimum Gasteiger partial charge on any atom is -0.355 e. The van der Waals surface area contributed by atoms with Crippen molar-refractivity contribution in [2.75, 3.05) is 24.5 Å². The smallest absolute Gasteiger partial charge is 0.219 e. The van der Waals surface area contributed by atoms with E-state index in [0.29, 0.717) is 28.6 Å². The lowest BCUT2D eigenvalue weighted by atomic mass is 9.89. The van der Waals surface area contributed by atoms with Gasteiger partial charge in [-0.2, -0.15) is 0 Å². The van der Waals surface area contributed by atoms with Gasteiger partial charge in [-0.1, -0.05) is 36.4 Å². The molecule has 0 aliphatic carbocycles. The van der Waals surface area contributed by atoms with Gasteiger partial charge in [0.05, 0.1) is 16.9 Å². The van der Waals surface area contributed by atoms with Gasteiger partial charge in [-0.05, 0) is 17.7 Å². The monoisotopic (exact) mass is 376 g/mol. The fourth-order valence-corrected chi connectivity index (χ4v) is 4.91. The van der Waals surface area contributed by atoms with Crippen molar-refractivity contribution < 1.29 is 9.18 Å². The van der Waals surface area contributed by atoms with Crippen LogP contribution in [0.5, 0.6) is 0 Å². The van der Waals surface area contributed by atoms with Crippen LogP contribution in [0.25, 0.3) is 10.9 Å². The van der Waals surface area contributed by atoms with E-state index in [9.17, 15) is 9.18 Å².